The predicted molar refractivity (Wildman–Crippen MR) is 66.4 cm³/mol. The monoisotopic (exact) mass is 272 g/mol. The van der Waals surface area contributed by atoms with Crippen molar-refractivity contribution >= 4 is 17.8 Å². The summed E-state index contributed by atoms with van der Waals surface area (Å²) in [7, 11) is 1.55. The molecule has 2 atom stereocenters. The normalized spacial score (nSPS) is 20.4. The number of carbonyl (C=O) groups excluding carboxylic acids is 2. The SMILES string of the molecule is CCC(NC(=O)C1CC(=O)N(CCOC)C1)C(=O)O. The molecule has 1 saturated heterocycles. The lowest BCUT2D eigenvalue weighted by atomic mass is 10.1. The van der Waals surface area contributed by atoms with E-state index in [-0.39, 0.29) is 18.2 Å². The Morgan fingerprint density at radius 2 is 2.26 bits per heavy atom. The molecule has 7 heteroatoms. The second kappa shape index (κ2) is 7.08. The lowest BCUT2D eigenvalue weighted by Gasteiger charge is -2.17. The number of likely N-dealkylation sites (tertiary alicyclic amines) is 1. The van der Waals surface area contributed by atoms with E-state index in [1.165, 1.54) is 0 Å². The van der Waals surface area contributed by atoms with Gasteiger partial charge in [-0.25, -0.2) is 4.79 Å². The zero-order valence-corrected chi connectivity index (χ0v) is 11.2. The van der Waals surface area contributed by atoms with Gasteiger partial charge in [0.1, 0.15) is 6.04 Å². The van der Waals surface area contributed by atoms with Gasteiger partial charge >= 0.3 is 5.97 Å². The molecule has 0 radical (unpaired) electrons. The van der Waals surface area contributed by atoms with E-state index in [2.05, 4.69) is 5.32 Å². The lowest BCUT2D eigenvalue weighted by Crippen LogP contribution is -2.43. The summed E-state index contributed by atoms with van der Waals surface area (Å²) in [6.07, 6.45) is 0.445. The molecule has 2 amide bonds. The van der Waals surface area contributed by atoms with Crippen molar-refractivity contribution in [2.45, 2.75) is 25.8 Å². The van der Waals surface area contributed by atoms with Gasteiger partial charge in [0.15, 0.2) is 0 Å². The molecule has 108 valence electrons. The van der Waals surface area contributed by atoms with Gasteiger partial charge in [-0.1, -0.05) is 6.92 Å². The largest absolute Gasteiger partial charge is 0.480 e. The highest BCUT2D eigenvalue weighted by molar-refractivity contribution is 5.91. The van der Waals surface area contributed by atoms with Crippen molar-refractivity contribution in [3.05, 3.63) is 0 Å². The predicted octanol–water partition coefficient (Wildman–Crippen LogP) is -0.539. The molecule has 0 bridgehead atoms. The molecule has 1 heterocycles. The Kier molecular flexibility index (Phi) is 5.75. The number of rotatable bonds is 7. The van der Waals surface area contributed by atoms with E-state index in [9.17, 15) is 14.4 Å². The van der Waals surface area contributed by atoms with Crippen LogP contribution in [0.1, 0.15) is 19.8 Å². The highest BCUT2D eigenvalue weighted by Gasteiger charge is 2.35. The minimum absolute atomic E-state index is 0.0967. The maximum atomic E-state index is 11.9. The number of hydrogen-bond acceptors (Lipinski definition) is 4. The average molecular weight is 272 g/mol. The van der Waals surface area contributed by atoms with E-state index in [1.54, 1.807) is 18.9 Å². The van der Waals surface area contributed by atoms with Crippen LogP contribution in [0.15, 0.2) is 0 Å². The molecule has 0 spiro atoms. The van der Waals surface area contributed by atoms with Crippen LogP contribution in [-0.2, 0) is 19.1 Å². The van der Waals surface area contributed by atoms with Crippen molar-refractivity contribution in [2.75, 3.05) is 26.8 Å². The fourth-order valence-corrected chi connectivity index (χ4v) is 1.99. The molecule has 1 aliphatic rings. The zero-order chi connectivity index (χ0) is 14.4. The smallest absolute Gasteiger partial charge is 0.326 e. The van der Waals surface area contributed by atoms with Gasteiger partial charge in [0.25, 0.3) is 0 Å². The van der Waals surface area contributed by atoms with Gasteiger partial charge in [0.2, 0.25) is 11.8 Å². The summed E-state index contributed by atoms with van der Waals surface area (Å²) < 4.78 is 4.89. The third-order valence-corrected chi connectivity index (χ3v) is 3.17. The molecular formula is C12H20N2O5. The molecule has 2 unspecified atom stereocenters. The number of methoxy groups -OCH3 is 1. The van der Waals surface area contributed by atoms with Gasteiger partial charge in [-0.15, -0.1) is 0 Å². The Labute approximate surface area is 111 Å². The quantitative estimate of drug-likeness (QED) is 0.649. The molecular weight excluding hydrogens is 252 g/mol. The number of carboxylic acid groups (broad SMARTS) is 1. The fourth-order valence-electron chi connectivity index (χ4n) is 1.99. The van der Waals surface area contributed by atoms with Crippen LogP contribution in [0.2, 0.25) is 0 Å². The van der Waals surface area contributed by atoms with Crippen LogP contribution in [0.4, 0.5) is 0 Å². The summed E-state index contributed by atoms with van der Waals surface area (Å²) >= 11 is 0. The summed E-state index contributed by atoms with van der Waals surface area (Å²) in [5, 5.41) is 11.3. The highest BCUT2D eigenvalue weighted by Crippen LogP contribution is 2.17. The van der Waals surface area contributed by atoms with E-state index in [0.717, 1.165) is 0 Å². The molecule has 0 aromatic carbocycles. The Bertz CT molecular complexity index is 358. The summed E-state index contributed by atoms with van der Waals surface area (Å²) in [4.78, 5) is 36.0. The fraction of sp³-hybridized carbons (Fsp3) is 0.750. The Balaban J connectivity index is 2.51. The van der Waals surface area contributed by atoms with Crippen molar-refractivity contribution in [3.63, 3.8) is 0 Å². The maximum absolute atomic E-state index is 11.9. The van der Waals surface area contributed by atoms with E-state index in [1.807, 2.05) is 0 Å². The van der Waals surface area contributed by atoms with Crippen LogP contribution < -0.4 is 5.32 Å². The molecule has 7 nitrogen and oxygen atoms in total. The summed E-state index contributed by atoms with van der Waals surface area (Å²) in [6, 6.07) is -0.893. The van der Waals surface area contributed by atoms with Crippen molar-refractivity contribution in [2.24, 2.45) is 5.92 Å². The first-order valence-electron chi connectivity index (χ1n) is 6.29. The molecule has 1 aliphatic heterocycles. The average Bonchev–Trinajstić information content (AvgIpc) is 2.74. The van der Waals surface area contributed by atoms with Crippen molar-refractivity contribution in [3.8, 4) is 0 Å². The second-order valence-corrected chi connectivity index (χ2v) is 4.54. The molecule has 0 aromatic heterocycles. The number of carbonyl (C=O) groups is 3. The number of carboxylic acids is 1. The number of aliphatic carboxylic acids is 1. The van der Waals surface area contributed by atoms with Crippen LogP contribution in [0, 0.1) is 5.92 Å². The van der Waals surface area contributed by atoms with E-state index in [4.69, 9.17) is 9.84 Å². The van der Waals surface area contributed by atoms with E-state index in [0.29, 0.717) is 26.1 Å². The first kappa shape index (κ1) is 15.4. The van der Waals surface area contributed by atoms with Crippen LogP contribution in [0.3, 0.4) is 0 Å². The summed E-state index contributed by atoms with van der Waals surface area (Å²) in [5.74, 6) is -2.00. The number of ether oxygens (including phenoxy) is 1. The Hall–Kier alpha value is -1.63. The molecule has 0 aromatic rings. The molecule has 1 rings (SSSR count). The Morgan fingerprint density at radius 1 is 1.58 bits per heavy atom. The third kappa shape index (κ3) is 4.20. The minimum Gasteiger partial charge on any atom is -0.480 e. The minimum atomic E-state index is -1.06. The summed E-state index contributed by atoms with van der Waals surface area (Å²) in [6.45, 7) is 2.88. The zero-order valence-electron chi connectivity index (χ0n) is 11.2. The van der Waals surface area contributed by atoms with Crippen LogP contribution in [-0.4, -0.2) is 60.6 Å². The molecule has 19 heavy (non-hydrogen) atoms. The standard InChI is InChI=1S/C12H20N2O5/c1-3-9(12(17)18)13-11(16)8-6-10(15)14(7-8)4-5-19-2/h8-9H,3-7H2,1-2H3,(H,13,16)(H,17,18). The lowest BCUT2D eigenvalue weighted by molar-refractivity contribution is -0.142. The number of nitrogens with one attached hydrogen (secondary N) is 1. The first-order valence-corrected chi connectivity index (χ1v) is 6.29. The number of hydrogen-bond donors (Lipinski definition) is 2. The topological polar surface area (TPSA) is 95.9 Å². The molecule has 1 fully saturated rings. The molecule has 2 N–H and O–H groups in total. The van der Waals surface area contributed by atoms with Gasteiger partial charge < -0.3 is 20.1 Å². The van der Waals surface area contributed by atoms with Crippen LogP contribution in [0.25, 0.3) is 0 Å². The number of amides is 2. The number of nitrogens with zero attached hydrogens (tertiary/aromatic N) is 1. The summed E-state index contributed by atoms with van der Waals surface area (Å²) in [5.41, 5.74) is 0. The van der Waals surface area contributed by atoms with Gasteiger partial charge in [-0.2, -0.15) is 0 Å². The Morgan fingerprint density at radius 3 is 2.79 bits per heavy atom. The van der Waals surface area contributed by atoms with Crippen molar-refractivity contribution in [1.29, 1.82) is 0 Å². The van der Waals surface area contributed by atoms with Crippen LogP contribution in [0.5, 0.6) is 0 Å². The highest BCUT2D eigenvalue weighted by atomic mass is 16.5. The van der Waals surface area contributed by atoms with E-state index >= 15 is 0 Å². The van der Waals surface area contributed by atoms with E-state index < -0.39 is 17.9 Å². The molecule has 0 saturated carbocycles. The van der Waals surface area contributed by atoms with Crippen molar-refractivity contribution in [1.82, 2.24) is 10.2 Å². The third-order valence-electron chi connectivity index (χ3n) is 3.17. The van der Waals surface area contributed by atoms with Crippen LogP contribution >= 0.6 is 0 Å². The van der Waals surface area contributed by atoms with Crippen molar-refractivity contribution < 1.29 is 24.2 Å². The van der Waals surface area contributed by atoms with Gasteiger partial charge in [-0.3, -0.25) is 9.59 Å². The first-order chi connectivity index (χ1) is 8.99. The maximum Gasteiger partial charge on any atom is 0.326 e. The van der Waals surface area contributed by atoms with Gasteiger partial charge in [0.05, 0.1) is 12.5 Å². The molecule has 0 aliphatic carbocycles. The second-order valence-electron chi connectivity index (χ2n) is 4.54. The van der Waals surface area contributed by atoms with Gasteiger partial charge in [-0.05, 0) is 6.42 Å². The van der Waals surface area contributed by atoms with Gasteiger partial charge in [0, 0.05) is 26.6 Å².